The van der Waals surface area contributed by atoms with E-state index < -0.39 is 0 Å². The van der Waals surface area contributed by atoms with E-state index in [1.54, 1.807) is 0 Å². The molecule has 1 unspecified atom stereocenters. The zero-order chi connectivity index (χ0) is 13.7. The van der Waals surface area contributed by atoms with E-state index in [4.69, 9.17) is 0 Å². The molecule has 1 saturated heterocycles. The molecule has 0 radical (unpaired) electrons. The average Bonchev–Trinajstić information content (AvgIpc) is 2.50. The van der Waals surface area contributed by atoms with E-state index in [2.05, 4.69) is 33.0 Å². The fourth-order valence-corrected chi connectivity index (χ4v) is 3.28. The number of likely N-dealkylation sites (tertiary alicyclic amines) is 1. The van der Waals surface area contributed by atoms with E-state index in [9.17, 15) is 9.59 Å². The SMILES string of the molecule is CCN1C(=O)CC(NCC2C(C)(C)C2(C)C)C1=O. The Bertz CT molecular complexity index is 373. The lowest BCUT2D eigenvalue weighted by Crippen LogP contribution is -2.39. The molecule has 4 nitrogen and oxygen atoms in total. The molecule has 1 N–H and O–H groups in total. The van der Waals surface area contributed by atoms with Gasteiger partial charge < -0.3 is 5.32 Å². The van der Waals surface area contributed by atoms with Crippen LogP contribution in [0.1, 0.15) is 41.0 Å². The lowest BCUT2D eigenvalue weighted by molar-refractivity contribution is -0.138. The van der Waals surface area contributed by atoms with Crippen molar-refractivity contribution in [3.63, 3.8) is 0 Å². The molecule has 1 heterocycles. The van der Waals surface area contributed by atoms with Crippen LogP contribution in [-0.4, -0.2) is 35.8 Å². The first-order valence-corrected chi connectivity index (χ1v) is 6.81. The maximum absolute atomic E-state index is 11.9. The molecule has 1 aliphatic heterocycles. The van der Waals surface area contributed by atoms with E-state index in [1.807, 2.05) is 6.92 Å². The molecule has 0 bridgehead atoms. The van der Waals surface area contributed by atoms with Gasteiger partial charge in [-0.25, -0.2) is 0 Å². The molecule has 0 spiro atoms. The minimum absolute atomic E-state index is 0.0469. The number of carbonyl (C=O) groups excluding carboxylic acids is 2. The molecule has 2 rings (SSSR count). The third kappa shape index (κ3) is 1.78. The van der Waals surface area contributed by atoms with Gasteiger partial charge in [-0.3, -0.25) is 14.5 Å². The first kappa shape index (κ1) is 13.5. The second kappa shape index (κ2) is 4.05. The van der Waals surface area contributed by atoms with Crippen LogP contribution in [0.2, 0.25) is 0 Å². The molecule has 1 aliphatic carbocycles. The van der Waals surface area contributed by atoms with Crippen molar-refractivity contribution in [2.75, 3.05) is 13.1 Å². The van der Waals surface area contributed by atoms with Crippen LogP contribution in [0, 0.1) is 16.7 Å². The standard InChI is InChI=1S/C14H24N2O2/c1-6-16-11(17)7-9(12(16)18)15-8-10-13(2,3)14(10,4)5/h9-10,15H,6-8H2,1-5H3. The van der Waals surface area contributed by atoms with Crippen LogP contribution in [0.5, 0.6) is 0 Å². The van der Waals surface area contributed by atoms with Crippen molar-refractivity contribution in [3.8, 4) is 0 Å². The number of hydrogen-bond donors (Lipinski definition) is 1. The van der Waals surface area contributed by atoms with Gasteiger partial charge in [0.15, 0.2) is 0 Å². The molecule has 1 saturated carbocycles. The highest BCUT2D eigenvalue weighted by molar-refractivity contribution is 6.05. The van der Waals surface area contributed by atoms with Gasteiger partial charge in [-0.05, 0) is 30.2 Å². The summed E-state index contributed by atoms with van der Waals surface area (Å²) in [6.07, 6.45) is 0.320. The highest BCUT2D eigenvalue weighted by atomic mass is 16.2. The molecule has 0 aromatic carbocycles. The smallest absolute Gasteiger partial charge is 0.246 e. The Labute approximate surface area is 109 Å². The topological polar surface area (TPSA) is 49.4 Å². The number of imide groups is 1. The van der Waals surface area contributed by atoms with Crippen molar-refractivity contribution in [1.29, 1.82) is 0 Å². The third-order valence-corrected chi connectivity index (χ3v) is 5.45. The summed E-state index contributed by atoms with van der Waals surface area (Å²) >= 11 is 0. The lowest BCUT2D eigenvalue weighted by Gasteiger charge is -2.13. The predicted molar refractivity (Wildman–Crippen MR) is 69.9 cm³/mol. The highest BCUT2D eigenvalue weighted by Crippen LogP contribution is 2.67. The summed E-state index contributed by atoms with van der Waals surface area (Å²) in [6.45, 7) is 12.2. The molecule has 1 atom stereocenters. The van der Waals surface area contributed by atoms with E-state index in [-0.39, 0.29) is 17.9 Å². The van der Waals surface area contributed by atoms with Gasteiger partial charge in [-0.2, -0.15) is 0 Å². The molecular formula is C14H24N2O2. The average molecular weight is 252 g/mol. The maximum Gasteiger partial charge on any atom is 0.246 e. The van der Waals surface area contributed by atoms with Gasteiger partial charge in [0.25, 0.3) is 0 Å². The molecule has 2 aliphatic rings. The molecule has 2 fully saturated rings. The van der Waals surface area contributed by atoms with Crippen LogP contribution in [-0.2, 0) is 9.59 Å². The van der Waals surface area contributed by atoms with Gasteiger partial charge in [0.2, 0.25) is 11.8 Å². The minimum Gasteiger partial charge on any atom is -0.305 e. The van der Waals surface area contributed by atoms with Crippen LogP contribution in [0.25, 0.3) is 0 Å². The number of rotatable bonds is 4. The van der Waals surface area contributed by atoms with Crippen LogP contribution in [0.15, 0.2) is 0 Å². The number of likely N-dealkylation sites (N-methyl/N-ethyl adjacent to an activating group) is 1. The summed E-state index contributed by atoms with van der Waals surface area (Å²) in [6, 6.07) is -0.301. The van der Waals surface area contributed by atoms with Crippen molar-refractivity contribution in [1.82, 2.24) is 10.2 Å². The Balaban J connectivity index is 1.90. The molecule has 0 aromatic heterocycles. The summed E-state index contributed by atoms with van der Waals surface area (Å²) in [5.74, 6) is 0.469. The summed E-state index contributed by atoms with van der Waals surface area (Å²) in [7, 11) is 0. The summed E-state index contributed by atoms with van der Waals surface area (Å²) in [4.78, 5) is 24.9. The van der Waals surface area contributed by atoms with Crippen LogP contribution >= 0.6 is 0 Å². The molecule has 2 amide bonds. The second-order valence-corrected chi connectivity index (χ2v) is 6.64. The minimum atomic E-state index is -0.301. The molecule has 102 valence electrons. The number of nitrogens with one attached hydrogen (secondary N) is 1. The van der Waals surface area contributed by atoms with Gasteiger partial charge >= 0.3 is 0 Å². The quantitative estimate of drug-likeness (QED) is 0.770. The first-order valence-electron chi connectivity index (χ1n) is 6.81. The van der Waals surface area contributed by atoms with Gasteiger partial charge in [-0.15, -0.1) is 0 Å². The normalized spacial score (nSPS) is 30.1. The number of amides is 2. The predicted octanol–water partition coefficient (Wildman–Crippen LogP) is 1.41. The first-order chi connectivity index (χ1) is 8.23. The van der Waals surface area contributed by atoms with E-state index in [1.165, 1.54) is 4.90 Å². The molecular weight excluding hydrogens is 228 g/mol. The summed E-state index contributed by atoms with van der Waals surface area (Å²) in [5.41, 5.74) is 0.631. The Morgan fingerprint density at radius 3 is 2.17 bits per heavy atom. The van der Waals surface area contributed by atoms with E-state index in [0.717, 1.165) is 6.54 Å². The monoisotopic (exact) mass is 252 g/mol. The van der Waals surface area contributed by atoms with Crippen molar-refractivity contribution < 1.29 is 9.59 Å². The number of hydrogen-bond acceptors (Lipinski definition) is 3. The van der Waals surface area contributed by atoms with E-state index >= 15 is 0 Å². The fourth-order valence-electron chi connectivity index (χ4n) is 3.28. The zero-order valence-corrected chi connectivity index (χ0v) is 12.0. The largest absolute Gasteiger partial charge is 0.305 e. The molecule has 0 aromatic rings. The zero-order valence-electron chi connectivity index (χ0n) is 12.0. The highest BCUT2D eigenvalue weighted by Gasteiger charge is 2.64. The maximum atomic E-state index is 11.9. The van der Waals surface area contributed by atoms with Gasteiger partial charge in [0.1, 0.15) is 0 Å². The number of carbonyl (C=O) groups is 2. The Kier molecular flexibility index (Phi) is 3.05. The van der Waals surface area contributed by atoms with Crippen molar-refractivity contribution in [2.24, 2.45) is 16.7 Å². The fraction of sp³-hybridized carbons (Fsp3) is 0.857. The van der Waals surface area contributed by atoms with Crippen molar-refractivity contribution >= 4 is 11.8 Å². The summed E-state index contributed by atoms with van der Waals surface area (Å²) < 4.78 is 0. The van der Waals surface area contributed by atoms with Crippen LogP contribution in [0.4, 0.5) is 0 Å². The Morgan fingerprint density at radius 2 is 1.78 bits per heavy atom. The van der Waals surface area contributed by atoms with Crippen molar-refractivity contribution in [3.05, 3.63) is 0 Å². The third-order valence-electron chi connectivity index (χ3n) is 5.45. The van der Waals surface area contributed by atoms with Gasteiger partial charge in [-0.1, -0.05) is 27.7 Å². The van der Waals surface area contributed by atoms with Crippen LogP contribution in [0.3, 0.4) is 0 Å². The second-order valence-electron chi connectivity index (χ2n) is 6.64. The van der Waals surface area contributed by atoms with Gasteiger partial charge in [0.05, 0.1) is 12.5 Å². The summed E-state index contributed by atoms with van der Waals surface area (Å²) in [5, 5.41) is 3.29. The lowest BCUT2D eigenvalue weighted by atomic mass is 10.0. The number of nitrogens with zero attached hydrogens (tertiary/aromatic N) is 1. The van der Waals surface area contributed by atoms with Gasteiger partial charge in [0, 0.05) is 6.54 Å². The Morgan fingerprint density at radius 1 is 1.22 bits per heavy atom. The Hall–Kier alpha value is -0.900. The molecule has 18 heavy (non-hydrogen) atoms. The molecule has 4 heteroatoms. The van der Waals surface area contributed by atoms with E-state index in [0.29, 0.717) is 29.7 Å². The van der Waals surface area contributed by atoms with Crippen molar-refractivity contribution in [2.45, 2.75) is 47.1 Å². The van der Waals surface area contributed by atoms with Crippen LogP contribution < -0.4 is 5.32 Å².